The van der Waals surface area contributed by atoms with Gasteiger partial charge in [0.1, 0.15) is 6.04 Å². The summed E-state index contributed by atoms with van der Waals surface area (Å²) in [5.74, 6) is 0.0587. The van der Waals surface area contributed by atoms with E-state index in [0.717, 1.165) is 13.0 Å². The van der Waals surface area contributed by atoms with E-state index in [1.807, 2.05) is 6.07 Å². The molecule has 1 aliphatic rings. The lowest BCUT2D eigenvalue weighted by molar-refractivity contribution is -0.127. The van der Waals surface area contributed by atoms with Crippen LogP contribution >= 0.6 is 11.6 Å². The lowest BCUT2D eigenvalue weighted by atomic mass is 10.2. The molecule has 4 nitrogen and oxygen atoms in total. The number of likely N-dealkylation sites (N-methyl/N-ethyl adjacent to an activating group) is 1. The Kier molecular flexibility index (Phi) is 3.21. The molecular formula is C12H12ClN3O. The SMILES string of the molecule is CN1CCC(Nc2cc(C#N)ccc2Cl)C1=O. The number of halogens is 1. The summed E-state index contributed by atoms with van der Waals surface area (Å²) in [4.78, 5) is 13.4. The van der Waals surface area contributed by atoms with Crippen LogP contribution in [0.5, 0.6) is 0 Å². The number of amides is 1. The highest BCUT2D eigenvalue weighted by Gasteiger charge is 2.29. The first-order valence-corrected chi connectivity index (χ1v) is 5.71. The van der Waals surface area contributed by atoms with Gasteiger partial charge in [-0.25, -0.2) is 0 Å². The van der Waals surface area contributed by atoms with Crippen molar-refractivity contribution in [3.8, 4) is 6.07 Å². The fourth-order valence-electron chi connectivity index (χ4n) is 1.85. The van der Waals surface area contributed by atoms with E-state index in [1.54, 1.807) is 30.1 Å². The summed E-state index contributed by atoms with van der Waals surface area (Å²) < 4.78 is 0. The van der Waals surface area contributed by atoms with Crippen molar-refractivity contribution in [3.63, 3.8) is 0 Å². The zero-order chi connectivity index (χ0) is 12.4. The molecule has 2 rings (SSSR count). The number of nitrogens with one attached hydrogen (secondary N) is 1. The number of anilines is 1. The third-order valence-corrected chi connectivity index (χ3v) is 3.18. The minimum absolute atomic E-state index is 0.0587. The number of nitrogens with zero attached hydrogens (tertiary/aromatic N) is 2. The summed E-state index contributed by atoms with van der Waals surface area (Å²) in [6, 6.07) is 6.77. The highest BCUT2D eigenvalue weighted by atomic mass is 35.5. The van der Waals surface area contributed by atoms with Gasteiger partial charge >= 0.3 is 0 Å². The molecule has 0 radical (unpaired) electrons. The molecule has 5 heteroatoms. The molecular weight excluding hydrogens is 238 g/mol. The fourth-order valence-corrected chi connectivity index (χ4v) is 2.02. The maximum atomic E-state index is 11.7. The Balaban J connectivity index is 2.19. The van der Waals surface area contributed by atoms with Crippen LogP contribution < -0.4 is 5.32 Å². The van der Waals surface area contributed by atoms with E-state index in [2.05, 4.69) is 5.32 Å². The maximum Gasteiger partial charge on any atom is 0.244 e. The Morgan fingerprint density at radius 1 is 1.59 bits per heavy atom. The van der Waals surface area contributed by atoms with Gasteiger partial charge in [0.05, 0.1) is 22.3 Å². The molecule has 1 aliphatic heterocycles. The second-order valence-corrected chi connectivity index (χ2v) is 4.46. The fraction of sp³-hybridized carbons (Fsp3) is 0.333. The van der Waals surface area contributed by atoms with Crippen molar-refractivity contribution in [2.24, 2.45) is 0 Å². The second kappa shape index (κ2) is 4.64. The van der Waals surface area contributed by atoms with Crippen LogP contribution in [0, 0.1) is 11.3 Å². The summed E-state index contributed by atoms with van der Waals surface area (Å²) >= 11 is 6.02. The van der Waals surface area contributed by atoms with Crippen LogP contribution in [-0.4, -0.2) is 30.4 Å². The quantitative estimate of drug-likeness (QED) is 0.870. The summed E-state index contributed by atoms with van der Waals surface area (Å²) in [6.07, 6.45) is 0.752. The number of nitriles is 1. The average molecular weight is 250 g/mol. The Morgan fingerprint density at radius 3 is 2.94 bits per heavy atom. The van der Waals surface area contributed by atoms with Crippen molar-refractivity contribution in [2.45, 2.75) is 12.5 Å². The van der Waals surface area contributed by atoms with Gasteiger partial charge in [0.15, 0.2) is 0 Å². The van der Waals surface area contributed by atoms with E-state index in [9.17, 15) is 4.79 Å². The van der Waals surface area contributed by atoms with Crippen LogP contribution in [0.1, 0.15) is 12.0 Å². The van der Waals surface area contributed by atoms with Gasteiger partial charge in [-0.1, -0.05) is 11.6 Å². The molecule has 1 aromatic rings. The summed E-state index contributed by atoms with van der Waals surface area (Å²) in [5.41, 5.74) is 1.16. The van der Waals surface area contributed by atoms with Gasteiger partial charge in [-0.15, -0.1) is 0 Å². The van der Waals surface area contributed by atoms with Gasteiger partial charge in [0.2, 0.25) is 5.91 Å². The number of carbonyl (C=O) groups is 1. The molecule has 1 heterocycles. The normalized spacial score (nSPS) is 19.2. The number of hydrogen-bond donors (Lipinski definition) is 1. The third kappa shape index (κ3) is 2.34. The van der Waals surface area contributed by atoms with E-state index in [1.165, 1.54) is 0 Å². The second-order valence-electron chi connectivity index (χ2n) is 4.05. The predicted molar refractivity (Wildman–Crippen MR) is 65.8 cm³/mol. The number of rotatable bonds is 2. The topological polar surface area (TPSA) is 56.1 Å². The molecule has 1 atom stereocenters. The van der Waals surface area contributed by atoms with Crippen molar-refractivity contribution in [2.75, 3.05) is 18.9 Å². The number of likely N-dealkylation sites (tertiary alicyclic amines) is 1. The van der Waals surface area contributed by atoms with Gasteiger partial charge < -0.3 is 10.2 Å². The monoisotopic (exact) mass is 249 g/mol. The number of hydrogen-bond acceptors (Lipinski definition) is 3. The standard InChI is InChI=1S/C12H12ClN3O/c1-16-5-4-10(12(16)17)15-11-6-8(7-14)2-3-9(11)13/h2-3,6,10,15H,4-5H2,1H3. The van der Waals surface area contributed by atoms with Gasteiger partial charge in [-0.3, -0.25) is 4.79 Å². The first-order chi connectivity index (χ1) is 8.11. The Bertz CT molecular complexity index is 495. The molecule has 0 bridgehead atoms. The van der Waals surface area contributed by atoms with Crippen LogP contribution in [0.25, 0.3) is 0 Å². The minimum atomic E-state index is -0.244. The average Bonchev–Trinajstić information content (AvgIpc) is 2.64. The minimum Gasteiger partial charge on any atom is -0.372 e. The first kappa shape index (κ1) is 11.7. The predicted octanol–water partition coefficient (Wildman–Crippen LogP) is 1.85. The first-order valence-electron chi connectivity index (χ1n) is 5.33. The molecule has 1 fully saturated rings. The van der Waals surface area contributed by atoms with Crippen molar-refractivity contribution >= 4 is 23.2 Å². The van der Waals surface area contributed by atoms with Gasteiger partial charge in [-0.05, 0) is 24.6 Å². The van der Waals surface area contributed by atoms with Gasteiger partial charge in [0.25, 0.3) is 0 Å². The van der Waals surface area contributed by atoms with E-state index in [-0.39, 0.29) is 11.9 Å². The lowest BCUT2D eigenvalue weighted by Gasteiger charge is -2.14. The highest BCUT2D eigenvalue weighted by Crippen LogP contribution is 2.25. The van der Waals surface area contributed by atoms with Crippen molar-refractivity contribution in [1.82, 2.24) is 4.90 Å². The Hall–Kier alpha value is -1.73. The Morgan fingerprint density at radius 2 is 2.35 bits per heavy atom. The van der Waals surface area contributed by atoms with E-state index in [0.29, 0.717) is 16.3 Å². The van der Waals surface area contributed by atoms with Crippen LogP contribution in [0.2, 0.25) is 5.02 Å². The van der Waals surface area contributed by atoms with Gasteiger partial charge in [-0.2, -0.15) is 5.26 Å². The molecule has 0 aliphatic carbocycles. The van der Waals surface area contributed by atoms with Crippen molar-refractivity contribution in [3.05, 3.63) is 28.8 Å². The van der Waals surface area contributed by atoms with E-state index < -0.39 is 0 Å². The lowest BCUT2D eigenvalue weighted by Crippen LogP contribution is -2.31. The van der Waals surface area contributed by atoms with E-state index >= 15 is 0 Å². The van der Waals surface area contributed by atoms with Crippen LogP contribution in [-0.2, 0) is 4.79 Å². The highest BCUT2D eigenvalue weighted by molar-refractivity contribution is 6.33. The smallest absolute Gasteiger partial charge is 0.244 e. The molecule has 1 unspecified atom stereocenters. The summed E-state index contributed by atoms with van der Waals surface area (Å²) in [6.45, 7) is 0.742. The summed E-state index contributed by atoms with van der Waals surface area (Å²) in [5, 5.41) is 12.4. The molecule has 1 amide bonds. The third-order valence-electron chi connectivity index (χ3n) is 2.85. The number of benzene rings is 1. The van der Waals surface area contributed by atoms with Crippen molar-refractivity contribution < 1.29 is 4.79 Å². The van der Waals surface area contributed by atoms with E-state index in [4.69, 9.17) is 16.9 Å². The van der Waals surface area contributed by atoms with Crippen molar-refractivity contribution in [1.29, 1.82) is 5.26 Å². The molecule has 88 valence electrons. The van der Waals surface area contributed by atoms with Crippen LogP contribution in [0.3, 0.4) is 0 Å². The molecule has 1 aromatic carbocycles. The summed E-state index contributed by atoms with van der Waals surface area (Å²) in [7, 11) is 1.78. The molecule has 1 saturated heterocycles. The molecule has 0 aromatic heterocycles. The van der Waals surface area contributed by atoms with Crippen LogP contribution in [0.15, 0.2) is 18.2 Å². The molecule has 0 saturated carbocycles. The maximum absolute atomic E-state index is 11.7. The number of carbonyl (C=O) groups excluding carboxylic acids is 1. The largest absolute Gasteiger partial charge is 0.372 e. The molecule has 17 heavy (non-hydrogen) atoms. The zero-order valence-corrected chi connectivity index (χ0v) is 10.2. The van der Waals surface area contributed by atoms with Gasteiger partial charge in [0, 0.05) is 13.6 Å². The van der Waals surface area contributed by atoms with Crippen LogP contribution in [0.4, 0.5) is 5.69 Å². The molecule has 0 spiro atoms. The zero-order valence-electron chi connectivity index (χ0n) is 9.40. The Labute approximate surface area is 105 Å². The molecule has 1 N–H and O–H groups in total.